The van der Waals surface area contributed by atoms with Gasteiger partial charge >= 0.3 is 0 Å². The summed E-state index contributed by atoms with van der Waals surface area (Å²) in [6, 6.07) is 7.59. The van der Waals surface area contributed by atoms with Crippen molar-refractivity contribution in [3.63, 3.8) is 0 Å². The van der Waals surface area contributed by atoms with Crippen molar-refractivity contribution in [3.05, 3.63) is 58.4 Å². The standard InChI is InChI=1S/C17H16N2O2S/c1-10-7-11(2)15(12(3)8-10)13-9-22-17(18-13)19-16(20)14-5-4-6-21-14/h4-9H,1-3H3,(H,18,19,20). The van der Waals surface area contributed by atoms with Crippen LogP contribution >= 0.6 is 11.3 Å². The molecule has 0 saturated heterocycles. The molecule has 0 spiro atoms. The molecule has 0 aliphatic carbocycles. The zero-order chi connectivity index (χ0) is 15.7. The number of rotatable bonds is 3. The van der Waals surface area contributed by atoms with Crippen LogP contribution in [0.2, 0.25) is 0 Å². The number of hydrogen-bond donors (Lipinski definition) is 1. The van der Waals surface area contributed by atoms with E-state index in [0.717, 1.165) is 11.3 Å². The lowest BCUT2D eigenvalue weighted by atomic mass is 9.98. The number of amides is 1. The van der Waals surface area contributed by atoms with Crippen LogP contribution in [0, 0.1) is 20.8 Å². The number of furan rings is 1. The maximum absolute atomic E-state index is 12.0. The van der Waals surface area contributed by atoms with E-state index >= 15 is 0 Å². The molecule has 3 rings (SSSR count). The summed E-state index contributed by atoms with van der Waals surface area (Å²) < 4.78 is 5.08. The Hall–Kier alpha value is -2.40. The molecule has 2 aromatic heterocycles. The average Bonchev–Trinajstić information content (AvgIpc) is 3.08. The second kappa shape index (κ2) is 5.77. The molecular formula is C17H16N2O2S. The number of aryl methyl sites for hydroxylation is 3. The van der Waals surface area contributed by atoms with Crippen molar-refractivity contribution in [2.24, 2.45) is 0 Å². The van der Waals surface area contributed by atoms with Crippen molar-refractivity contribution in [1.82, 2.24) is 4.98 Å². The molecule has 0 radical (unpaired) electrons. The van der Waals surface area contributed by atoms with Crippen LogP contribution in [0.3, 0.4) is 0 Å². The molecule has 1 amide bonds. The first-order chi connectivity index (χ1) is 10.5. The minimum atomic E-state index is -0.289. The highest BCUT2D eigenvalue weighted by atomic mass is 32.1. The third kappa shape index (κ3) is 2.80. The monoisotopic (exact) mass is 312 g/mol. The van der Waals surface area contributed by atoms with Crippen molar-refractivity contribution < 1.29 is 9.21 Å². The van der Waals surface area contributed by atoms with Crippen LogP contribution in [-0.4, -0.2) is 10.9 Å². The first-order valence-electron chi connectivity index (χ1n) is 6.93. The molecule has 0 aliphatic heterocycles. The summed E-state index contributed by atoms with van der Waals surface area (Å²) in [6.45, 7) is 6.24. The van der Waals surface area contributed by atoms with Crippen LogP contribution in [0.25, 0.3) is 11.3 Å². The van der Waals surface area contributed by atoms with Gasteiger partial charge in [-0.15, -0.1) is 11.3 Å². The van der Waals surface area contributed by atoms with E-state index in [1.165, 1.54) is 34.3 Å². The Balaban J connectivity index is 1.87. The van der Waals surface area contributed by atoms with Gasteiger partial charge in [-0.25, -0.2) is 4.98 Å². The van der Waals surface area contributed by atoms with E-state index in [1.54, 1.807) is 12.1 Å². The fourth-order valence-corrected chi connectivity index (χ4v) is 3.29. The van der Waals surface area contributed by atoms with Gasteiger partial charge in [0.15, 0.2) is 10.9 Å². The second-order valence-electron chi connectivity index (χ2n) is 5.24. The fourth-order valence-electron chi connectivity index (χ4n) is 2.60. The Bertz CT molecular complexity index is 796. The summed E-state index contributed by atoms with van der Waals surface area (Å²) >= 11 is 1.41. The third-order valence-corrected chi connectivity index (χ3v) is 4.16. The summed E-state index contributed by atoms with van der Waals surface area (Å²) in [4.78, 5) is 16.5. The van der Waals surface area contributed by atoms with Gasteiger partial charge in [-0.05, 0) is 44.0 Å². The first kappa shape index (κ1) is 14.5. The molecule has 0 saturated carbocycles. The molecule has 0 atom stereocenters. The molecular weight excluding hydrogens is 296 g/mol. The predicted molar refractivity (Wildman–Crippen MR) is 88.4 cm³/mol. The van der Waals surface area contributed by atoms with Gasteiger partial charge in [0.05, 0.1) is 12.0 Å². The lowest BCUT2D eigenvalue weighted by Crippen LogP contribution is -2.10. The number of nitrogens with zero attached hydrogens (tertiary/aromatic N) is 1. The lowest BCUT2D eigenvalue weighted by molar-refractivity contribution is 0.0996. The van der Waals surface area contributed by atoms with Gasteiger partial charge in [0.2, 0.25) is 0 Å². The molecule has 5 heteroatoms. The summed E-state index contributed by atoms with van der Waals surface area (Å²) in [7, 11) is 0. The zero-order valence-corrected chi connectivity index (χ0v) is 13.5. The number of benzene rings is 1. The van der Waals surface area contributed by atoms with E-state index in [9.17, 15) is 4.79 Å². The quantitative estimate of drug-likeness (QED) is 0.770. The van der Waals surface area contributed by atoms with Gasteiger partial charge in [-0.2, -0.15) is 0 Å². The molecule has 0 fully saturated rings. The average molecular weight is 312 g/mol. The summed E-state index contributed by atoms with van der Waals surface area (Å²) in [6.07, 6.45) is 1.47. The largest absolute Gasteiger partial charge is 0.459 e. The van der Waals surface area contributed by atoms with Gasteiger partial charge in [-0.3, -0.25) is 10.1 Å². The van der Waals surface area contributed by atoms with Crippen LogP contribution in [0.4, 0.5) is 5.13 Å². The van der Waals surface area contributed by atoms with Crippen molar-refractivity contribution in [2.75, 3.05) is 5.32 Å². The number of hydrogen-bond acceptors (Lipinski definition) is 4. The predicted octanol–water partition coefficient (Wildman–Crippen LogP) is 4.58. The first-order valence-corrected chi connectivity index (χ1v) is 7.81. The molecule has 0 bridgehead atoms. The van der Waals surface area contributed by atoms with Gasteiger partial charge in [0.1, 0.15) is 0 Å². The third-order valence-electron chi connectivity index (χ3n) is 3.40. The van der Waals surface area contributed by atoms with Crippen LogP contribution in [0.1, 0.15) is 27.2 Å². The molecule has 1 N–H and O–H groups in total. The molecule has 4 nitrogen and oxygen atoms in total. The Morgan fingerprint density at radius 2 is 1.95 bits per heavy atom. The number of anilines is 1. The van der Waals surface area contributed by atoms with Gasteiger partial charge < -0.3 is 4.42 Å². The number of carbonyl (C=O) groups excluding carboxylic acids is 1. The maximum Gasteiger partial charge on any atom is 0.293 e. The molecule has 3 aromatic rings. The number of aromatic nitrogens is 1. The van der Waals surface area contributed by atoms with Crippen LogP contribution in [0.5, 0.6) is 0 Å². The smallest absolute Gasteiger partial charge is 0.293 e. The van der Waals surface area contributed by atoms with E-state index in [0.29, 0.717) is 5.13 Å². The molecule has 22 heavy (non-hydrogen) atoms. The SMILES string of the molecule is Cc1cc(C)c(-c2csc(NC(=O)c3ccco3)n2)c(C)c1. The van der Waals surface area contributed by atoms with Crippen molar-refractivity contribution in [1.29, 1.82) is 0 Å². The molecule has 1 aromatic carbocycles. The fraction of sp³-hybridized carbons (Fsp3) is 0.176. The van der Waals surface area contributed by atoms with Crippen LogP contribution in [-0.2, 0) is 0 Å². The van der Waals surface area contributed by atoms with Gasteiger partial charge in [0, 0.05) is 10.9 Å². The van der Waals surface area contributed by atoms with Crippen LogP contribution in [0.15, 0.2) is 40.3 Å². The lowest BCUT2D eigenvalue weighted by Gasteiger charge is -2.08. The number of carbonyl (C=O) groups is 1. The summed E-state index contributed by atoms with van der Waals surface area (Å²) in [5.41, 5.74) is 5.62. The highest BCUT2D eigenvalue weighted by Crippen LogP contribution is 2.31. The van der Waals surface area contributed by atoms with Crippen LogP contribution < -0.4 is 5.32 Å². The van der Waals surface area contributed by atoms with Gasteiger partial charge in [0.25, 0.3) is 5.91 Å². The maximum atomic E-state index is 12.0. The molecule has 0 aliphatic rings. The van der Waals surface area contributed by atoms with E-state index in [-0.39, 0.29) is 11.7 Å². The minimum Gasteiger partial charge on any atom is -0.459 e. The molecule has 112 valence electrons. The van der Waals surface area contributed by atoms with Crippen molar-refractivity contribution in [2.45, 2.75) is 20.8 Å². The normalized spacial score (nSPS) is 10.7. The number of nitrogens with one attached hydrogen (secondary N) is 1. The topological polar surface area (TPSA) is 55.1 Å². The second-order valence-corrected chi connectivity index (χ2v) is 6.10. The Morgan fingerprint density at radius 1 is 1.23 bits per heavy atom. The summed E-state index contributed by atoms with van der Waals surface area (Å²) in [5.74, 6) is -0.0114. The van der Waals surface area contributed by atoms with E-state index in [4.69, 9.17) is 4.42 Å². The Kier molecular flexibility index (Phi) is 3.81. The zero-order valence-electron chi connectivity index (χ0n) is 12.6. The highest BCUT2D eigenvalue weighted by molar-refractivity contribution is 7.14. The Labute approximate surface area is 132 Å². The van der Waals surface area contributed by atoms with Crippen molar-refractivity contribution in [3.8, 4) is 11.3 Å². The highest BCUT2D eigenvalue weighted by Gasteiger charge is 2.14. The van der Waals surface area contributed by atoms with E-state index in [1.807, 2.05) is 5.38 Å². The van der Waals surface area contributed by atoms with Gasteiger partial charge in [-0.1, -0.05) is 17.7 Å². The summed E-state index contributed by atoms with van der Waals surface area (Å²) in [5, 5.41) is 5.29. The van der Waals surface area contributed by atoms with E-state index < -0.39 is 0 Å². The molecule has 2 heterocycles. The molecule has 0 unspecified atom stereocenters. The Morgan fingerprint density at radius 3 is 2.59 bits per heavy atom. The van der Waals surface area contributed by atoms with Crippen molar-refractivity contribution >= 4 is 22.4 Å². The minimum absolute atomic E-state index is 0.277. The number of thiazole rings is 1. The van der Waals surface area contributed by atoms with E-state index in [2.05, 4.69) is 43.2 Å².